The van der Waals surface area contributed by atoms with Crippen LogP contribution in [0.2, 0.25) is 0 Å². The standard InChI is InChI=1S/C12H23N3O4/c1-3-10(16)8-19-12(17)11(13)6-4-5-7-14-9(2)15-18/h11,18H,3-8,13H2,1-2H3,(H,14,15)/t11-/m0/s1. The Balaban J connectivity index is 3.70. The summed E-state index contributed by atoms with van der Waals surface area (Å²) >= 11 is 0. The predicted molar refractivity (Wildman–Crippen MR) is 71.0 cm³/mol. The number of carbonyl (C=O) groups is 2. The number of nitrogens with one attached hydrogen (secondary N) is 1. The Labute approximate surface area is 113 Å². The van der Waals surface area contributed by atoms with Gasteiger partial charge in [0, 0.05) is 13.0 Å². The van der Waals surface area contributed by atoms with Crippen LogP contribution in [-0.4, -0.2) is 42.0 Å². The number of aliphatic imine (C=N–C) groups is 1. The van der Waals surface area contributed by atoms with E-state index in [1.807, 2.05) is 5.48 Å². The van der Waals surface area contributed by atoms with Gasteiger partial charge in [0.15, 0.2) is 5.78 Å². The van der Waals surface area contributed by atoms with Gasteiger partial charge in [-0.1, -0.05) is 6.92 Å². The summed E-state index contributed by atoms with van der Waals surface area (Å²) in [5, 5.41) is 8.49. The molecule has 0 bridgehead atoms. The fraction of sp³-hybridized carbons (Fsp3) is 0.750. The van der Waals surface area contributed by atoms with E-state index in [1.54, 1.807) is 13.8 Å². The average molecular weight is 273 g/mol. The van der Waals surface area contributed by atoms with Gasteiger partial charge in [-0.2, -0.15) is 0 Å². The number of hydroxylamine groups is 1. The first-order valence-corrected chi connectivity index (χ1v) is 6.36. The first kappa shape index (κ1) is 17.5. The molecule has 0 radical (unpaired) electrons. The SMILES string of the molecule is CCC(=O)COC(=O)[C@@H](N)CCCCN=C(C)NO. The molecule has 0 aromatic heterocycles. The zero-order valence-corrected chi connectivity index (χ0v) is 11.5. The molecule has 0 fully saturated rings. The van der Waals surface area contributed by atoms with Crippen LogP contribution in [0.4, 0.5) is 0 Å². The minimum atomic E-state index is -0.703. The Bertz CT molecular complexity index is 318. The number of ether oxygens (including phenoxy) is 1. The van der Waals surface area contributed by atoms with E-state index in [2.05, 4.69) is 4.99 Å². The minimum Gasteiger partial charge on any atom is -0.457 e. The van der Waals surface area contributed by atoms with Gasteiger partial charge in [-0.3, -0.25) is 25.3 Å². The van der Waals surface area contributed by atoms with Crippen molar-refractivity contribution in [1.82, 2.24) is 5.48 Å². The largest absolute Gasteiger partial charge is 0.457 e. The van der Waals surface area contributed by atoms with Crippen LogP contribution in [0.25, 0.3) is 0 Å². The lowest BCUT2D eigenvalue weighted by Gasteiger charge is -2.10. The predicted octanol–water partition coefficient (Wildman–Crippen LogP) is 0.404. The molecule has 7 heteroatoms. The molecule has 0 saturated heterocycles. The molecule has 0 aliphatic carbocycles. The second-order valence-electron chi connectivity index (χ2n) is 4.18. The summed E-state index contributed by atoms with van der Waals surface area (Å²) in [7, 11) is 0. The first-order valence-electron chi connectivity index (χ1n) is 6.36. The van der Waals surface area contributed by atoms with E-state index in [4.69, 9.17) is 15.7 Å². The van der Waals surface area contributed by atoms with E-state index in [-0.39, 0.29) is 12.4 Å². The summed E-state index contributed by atoms with van der Waals surface area (Å²) in [6, 6.07) is -0.703. The highest BCUT2D eigenvalue weighted by Crippen LogP contribution is 2.01. The third kappa shape index (κ3) is 9.15. The van der Waals surface area contributed by atoms with Gasteiger partial charge >= 0.3 is 5.97 Å². The normalized spacial score (nSPS) is 12.9. The van der Waals surface area contributed by atoms with Gasteiger partial charge in [0.1, 0.15) is 18.5 Å². The number of Topliss-reactive ketones (excluding diaryl/α,β-unsaturated/α-hetero) is 1. The van der Waals surface area contributed by atoms with Gasteiger partial charge in [0.2, 0.25) is 0 Å². The highest BCUT2D eigenvalue weighted by Gasteiger charge is 2.15. The topological polar surface area (TPSA) is 114 Å². The molecule has 1 atom stereocenters. The molecule has 110 valence electrons. The van der Waals surface area contributed by atoms with Crippen LogP contribution in [-0.2, 0) is 14.3 Å². The summed E-state index contributed by atoms with van der Waals surface area (Å²) in [4.78, 5) is 26.4. The lowest BCUT2D eigenvalue weighted by Crippen LogP contribution is -2.33. The van der Waals surface area contributed by atoms with E-state index in [0.717, 1.165) is 12.8 Å². The number of nitrogens with zero attached hydrogens (tertiary/aromatic N) is 1. The van der Waals surface area contributed by atoms with Gasteiger partial charge in [0.05, 0.1) is 0 Å². The third-order valence-corrected chi connectivity index (χ3v) is 2.51. The molecule has 0 amide bonds. The molecule has 0 saturated carbocycles. The van der Waals surface area contributed by atoms with E-state index >= 15 is 0 Å². The number of rotatable bonds is 9. The van der Waals surface area contributed by atoms with Gasteiger partial charge in [0.25, 0.3) is 0 Å². The maximum Gasteiger partial charge on any atom is 0.323 e. The highest BCUT2D eigenvalue weighted by atomic mass is 16.5. The van der Waals surface area contributed by atoms with Crippen LogP contribution < -0.4 is 11.2 Å². The van der Waals surface area contributed by atoms with Crippen molar-refractivity contribution in [2.24, 2.45) is 10.7 Å². The van der Waals surface area contributed by atoms with E-state index < -0.39 is 12.0 Å². The van der Waals surface area contributed by atoms with Crippen LogP contribution in [0.3, 0.4) is 0 Å². The third-order valence-electron chi connectivity index (χ3n) is 2.51. The molecule has 4 N–H and O–H groups in total. The van der Waals surface area contributed by atoms with E-state index in [0.29, 0.717) is 25.2 Å². The fourth-order valence-electron chi connectivity index (χ4n) is 1.24. The molecule has 0 aromatic rings. The summed E-state index contributed by atoms with van der Waals surface area (Å²) in [6.45, 7) is 3.71. The van der Waals surface area contributed by atoms with Crippen LogP contribution in [0.15, 0.2) is 4.99 Å². The van der Waals surface area contributed by atoms with Gasteiger partial charge < -0.3 is 10.5 Å². The van der Waals surface area contributed by atoms with Crippen LogP contribution in [0.1, 0.15) is 39.5 Å². The second-order valence-corrected chi connectivity index (χ2v) is 4.18. The number of ketones is 1. The molecular weight excluding hydrogens is 250 g/mol. The molecule has 0 heterocycles. The van der Waals surface area contributed by atoms with Gasteiger partial charge in [-0.05, 0) is 26.2 Å². The number of hydrogen-bond donors (Lipinski definition) is 3. The van der Waals surface area contributed by atoms with Crippen LogP contribution >= 0.6 is 0 Å². The van der Waals surface area contributed by atoms with Crippen molar-refractivity contribution >= 4 is 17.6 Å². The molecule has 0 aliphatic heterocycles. The summed E-state index contributed by atoms with van der Waals surface area (Å²) in [5.41, 5.74) is 7.57. The molecular formula is C12H23N3O4. The highest BCUT2D eigenvalue weighted by molar-refractivity contribution is 5.83. The Hall–Kier alpha value is -1.47. The Morgan fingerprint density at radius 3 is 2.68 bits per heavy atom. The monoisotopic (exact) mass is 273 g/mol. The van der Waals surface area contributed by atoms with Crippen LogP contribution in [0.5, 0.6) is 0 Å². The Kier molecular flexibility index (Phi) is 9.64. The smallest absolute Gasteiger partial charge is 0.323 e. The lowest BCUT2D eigenvalue weighted by molar-refractivity contribution is -0.149. The quantitative estimate of drug-likeness (QED) is 0.184. The van der Waals surface area contributed by atoms with Gasteiger partial charge in [-0.25, -0.2) is 0 Å². The van der Waals surface area contributed by atoms with Crippen molar-refractivity contribution in [3.8, 4) is 0 Å². The number of carbonyl (C=O) groups excluding carboxylic acids is 2. The van der Waals surface area contributed by atoms with Gasteiger partial charge in [-0.15, -0.1) is 0 Å². The molecule has 0 rings (SSSR count). The number of unbranched alkanes of at least 4 members (excludes halogenated alkanes) is 1. The zero-order chi connectivity index (χ0) is 14.7. The van der Waals surface area contributed by atoms with Crippen molar-refractivity contribution in [3.63, 3.8) is 0 Å². The maximum absolute atomic E-state index is 11.4. The molecule has 0 aliphatic rings. The minimum absolute atomic E-state index is 0.123. The number of hydrogen-bond acceptors (Lipinski definition) is 6. The summed E-state index contributed by atoms with van der Waals surface area (Å²) < 4.78 is 4.79. The molecule has 0 aromatic carbocycles. The lowest BCUT2D eigenvalue weighted by atomic mass is 10.1. The molecule has 7 nitrogen and oxygen atoms in total. The second kappa shape index (κ2) is 10.5. The average Bonchev–Trinajstić information content (AvgIpc) is 2.43. The zero-order valence-electron chi connectivity index (χ0n) is 11.5. The number of amidine groups is 1. The number of nitrogens with two attached hydrogens (primary N) is 1. The van der Waals surface area contributed by atoms with Crippen molar-refractivity contribution in [2.75, 3.05) is 13.2 Å². The van der Waals surface area contributed by atoms with Crippen molar-refractivity contribution in [3.05, 3.63) is 0 Å². The van der Waals surface area contributed by atoms with E-state index in [1.165, 1.54) is 0 Å². The summed E-state index contributed by atoms with van der Waals surface area (Å²) in [6.07, 6.45) is 2.31. The van der Waals surface area contributed by atoms with Crippen LogP contribution in [0, 0.1) is 0 Å². The van der Waals surface area contributed by atoms with E-state index in [9.17, 15) is 9.59 Å². The number of esters is 1. The molecule has 19 heavy (non-hydrogen) atoms. The maximum atomic E-state index is 11.4. The Morgan fingerprint density at radius 1 is 1.42 bits per heavy atom. The van der Waals surface area contributed by atoms with Crippen molar-refractivity contribution in [2.45, 2.75) is 45.6 Å². The first-order chi connectivity index (χ1) is 9.01. The summed E-state index contributed by atoms with van der Waals surface area (Å²) in [5.74, 6) is -0.220. The Morgan fingerprint density at radius 2 is 2.11 bits per heavy atom. The molecule has 0 unspecified atom stereocenters. The van der Waals surface area contributed by atoms with Crippen molar-refractivity contribution in [1.29, 1.82) is 0 Å². The molecule has 0 spiro atoms. The fourth-order valence-corrected chi connectivity index (χ4v) is 1.24. The van der Waals surface area contributed by atoms with Crippen molar-refractivity contribution < 1.29 is 19.5 Å².